The molecule has 0 saturated heterocycles. The highest BCUT2D eigenvalue weighted by atomic mass is 16.4. The molecule has 59 heavy (non-hydrogen) atoms. The number of nitrogens with one attached hydrogen (secondary N) is 4. The molecule has 4 amide bonds. The molecule has 7 N–H and O–H groups in total. The zero-order valence-corrected chi connectivity index (χ0v) is 36.8. The molecule has 0 radical (unpaired) electrons. The normalized spacial score (nSPS) is 12.6. The average Bonchev–Trinajstić information content (AvgIpc) is 3.19. The maximum atomic E-state index is 13.6. The summed E-state index contributed by atoms with van der Waals surface area (Å²) in [5.74, 6) is -6.60. The summed E-state index contributed by atoms with van der Waals surface area (Å²) in [6, 6.07) is -4.39. The van der Waals surface area contributed by atoms with Crippen LogP contribution in [0, 0.1) is 0 Å². The minimum atomic E-state index is -1.59. The van der Waals surface area contributed by atoms with Crippen molar-refractivity contribution in [3.63, 3.8) is 0 Å². The van der Waals surface area contributed by atoms with Crippen molar-refractivity contribution in [1.29, 1.82) is 0 Å². The van der Waals surface area contributed by atoms with Gasteiger partial charge < -0.3 is 36.6 Å². The Kier molecular flexibility index (Phi) is 36.1. The van der Waals surface area contributed by atoms with E-state index in [0.717, 1.165) is 44.9 Å². The van der Waals surface area contributed by atoms with Gasteiger partial charge in [-0.25, -0.2) is 4.79 Å². The lowest BCUT2D eigenvalue weighted by atomic mass is 10.0. The van der Waals surface area contributed by atoms with Crippen molar-refractivity contribution in [2.75, 3.05) is 6.54 Å². The summed E-state index contributed by atoms with van der Waals surface area (Å²) in [6.45, 7) is 4.18. The fraction of sp³-hybridized carbons (Fsp3) is 0.844. The van der Waals surface area contributed by atoms with Crippen LogP contribution >= 0.6 is 0 Å². The maximum Gasteiger partial charge on any atom is 0.326 e. The van der Waals surface area contributed by atoms with Crippen LogP contribution < -0.4 is 21.3 Å². The minimum Gasteiger partial charge on any atom is -0.481 e. The standard InChI is InChI=1S/C45H82N4O10/c1-3-5-7-9-11-13-15-17-19-21-23-25-27-29-39(50)46-35-38(47-40(51)30-28-26-24-22-20-18-16-14-12-10-8-6-4-2)44(57)48-36(31-33-41(52)53)43(56)49-37(45(58)59)32-34-42(54)55/h36-38H,3-35H2,1-2H3,(H,46,50)(H,47,51)(H,48,57)(H,49,56)(H,52,53)(H,54,55)(H,58,59). The number of amides is 4. The molecular weight excluding hydrogens is 757 g/mol. The Morgan fingerprint density at radius 2 is 0.695 bits per heavy atom. The number of carbonyl (C=O) groups is 7. The first-order valence-electron chi connectivity index (χ1n) is 23.2. The molecule has 0 rings (SSSR count). The van der Waals surface area contributed by atoms with Crippen LogP contribution in [0.5, 0.6) is 0 Å². The topological polar surface area (TPSA) is 228 Å². The fourth-order valence-electron chi connectivity index (χ4n) is 6.99. The van der Waals surface area contributed by atoms with E-state index in [-0.39, 0.29) is 25.3 Å². The van der Waals surface area contributed by atoms with Crippen molar-refractivity contribution in [3.8, 4) is 0 Å². The van der Waals surface area contributed by atoms with E-state index < -0.39 is 79.4 Å². The average molecular weight is 839 g/mol. The Labute approximate surface area is 355 Å². The molecule has 0 heterocycles. The molecule has 3 atom stereocenters. The van der Waals surface area contributed by atoms with E-state index in [2.05, 4.69) is 35.1 Å². The molecule has 0 aromatic heterocycles. The number of carboxylic acids is 3. The molecule has 0 aromatic rings. The number of carbonyl (C=O) groups excluding carboxylic acids is 4. The Hall–Kier alpha value is -3.71. The molecule has 0 saturated carbocycles. The molecular formula is C45H82N4O10. The van der Waals surface area contributed by atoms with Gasteiger partial charge in [0.05, 0.1) is 0 Å². The second-order valence-electron chi connectivity index (χ2n) is 16.2. The number of rotatable bonds is 42. The molecule has 0 fully saturated rings. The van der Waals surface area contributed by atoms with E-state index in [9.17, 15) is 43.8 Å². The van der Waals surface area contributed by atoms with Crippen molar-refractivity contribution in [3.05, 3.63) is 0 Å². The monoisotopic (exact) mass is 839 g/mol. The van der Waals surface area contributed by atoms with E-state index in [0.29, 0.717) is 12.8 Å². The Morgan fingerprint density at radius 3 is 1.07 bits per heavy atom. The van der Waals surface area contributed by atoms with Crippen molar-refractivity contribution in [1.82, 2.24) is 21.3 Å². The van der Waals surface area contributed by atoms with E-state index in [1.807, 2.05) is 0 Å². The van der Waals surface area contributed by atoms with Gasteiger partial charge in [0.1, 0.15) is 18.1 Å². The van der Waals surface area contributed by atoms with Gasteiger partial charge in [0.25, 0.3) is 0 Å². The number of carboxylic acid groups (broad SMARTS) is 3. The third-order valence-electron chi connectivity index (χ3n) is 10.7. The number of hydrogen-bond acceptors (Lipinski definition) is 7. The summed E-state index contributed by atoms with van der Waals surface area (Å²) in [6.07, 6.45) is 28.6. The Morgan fingerprint density at radius 1 is 0.373 bits per heavy atom. The summed E-state index contributed by atoms with van der Waals surface area (Å²) in [5, 5.41) is 37.8. The number of hydrogen-bond donors (Lipinski definition) is 7. The third kappa shape index (κ3) is 34.8. The molecule has 0 aromatic carbocycles. The van der Waals surface area contributed by atoms with Gasteiger partial charge in [0.2, 0.25) is 23.6 Å². The lowest BCUT2D eigenvalue weighted by Gasteiger charge is -2.24. The zero-order chi connectivity index (χ0) is 43.9. The predicted molar refractivity (Wildman–Crippen MR) is 231 cm³/mol. The smallest absolute Gasteiger partial charge is 0.326 e. The predicted octanol–water partition coefficient (Wildman–Crippen LogP) is 8.33. The molecule has 14 heteroatoms. The summed E-state index contributed by atoms with van der Waals surface area (Å²) in [5.41, 5.74) is 0. The van der Waals surface area contributed by atoms with Crippen molar-refractivity contribution in [2.24, 2.45) is 0 Å². The van der Waals surface area contributed by atoms with Crippen LogP contribution in [0.2, 0.25) is 0 Å². The quantitative estimate of drug-likeness (QED) is 0.0291. The molecule has 14 nitrogen and oxygen atoms in total. The van der Waals surface area contributed by atoms with E-state index >= 15 is 0 Å². The van der Waals surface area contributed by atoms with Crippen LogP contribution in [0.1, 0.15) is 219 Å². The van der Waals surface area contributed by atoms with Crippen LogP contribution in [-0.2, 0) is 33.6 Å². The second kappa shape index (κ2) is 38.5. The molecule has 342 valence electrons. The van der Waals surface area contributed by atoms with E-state index in [1.54, 1.807) is 0 Å². The summed E-state index contributed by atoms with van der Waals surface area (Å²) >= 11 is 0. The fourth-order valence-corrected chi connectivity index (χ4v) is 6.99. The minimum absolute atomic E-state index is 0.154. The summed E-state index contributed by atoms with van der Waals surface area (Å²) < 4.78 is 0. The lowest BCUT2D eigenvalue weighted by molar-refractivity contribution is -0.144. The number of unbranched alkanes of at least 4 members (excludes halogenated alkanes) is 24. The van der Waals surface area contributed by atoms with Gasteiger partial charge in [-0.15, -0.1) is 0 Å². The molecule has 0 aliphatic carbocycles. The molecule has 0 aliphatic heterocycles. The van der Waals surface area contributed by atoms with Crippen LogP contribution in [-0.4, -0.2) is 81.5 Å². The number of aliphatic carboxylic acids is 3. The summed E-state index contributed by atoms with van der Waals surface area (Å²) in [4.78, 5) is 86.6. The first-order valence-corrected chi connectivity index (χ1v) is 23.2. The van der Waals surface area contributed by atoms with Crippen LogP contribution in [0.15, 0.2) is 0 Å². The van der Waals surface area contributed by atoms with Crippen LogP contribution in [0.3, 0.4) is 0 Å². The largest absolute Gasteiger partial charge is 0.481 e. The molecule has 0 aliphatic rings. The van der Waals surface area contributed by atoms with Crippen molar-refractivity contribution in [2.45, 2.75) is 237 Å². The van der Waals surface area contributed by atoms with Gasteiger partial charge in [0, 0.05) is 32.2 Å². The Balaban J connectivity index is 5.15. The van der Waals surface area contributed by atoms with Crippen LogP contribution in [0.4, 0.5) is 0 Å². The van der Waals surface area contributed by atoms with Gasteiger partial charge in [-0.3, -0.25) is 28.8 Å². The molecule has 3 unspecified atom stereocenters. The first kappa shape index (κ1) is 55.3. The van der Waals surface area contributed by atoms with E-state index in [4.69, 9.17) is 5.11 Å². The Bertz CT molecular complexity index is 1170. The van der Waals surface area contributed by atoms with Crippen LogP contribution in [0.25, 0.3) is 0 Å². The first-order chi connectivity index (χ1) is 28.4. The maximum absolute atomic E-state index is 13.6. The zero-order valence-electron chi connectivity index (χ0n) is 36.8. The van der Waals surface area contributed by atoms with E-state index in [1.165, 1.54) is 109 Å². The lowest BCUT2D eigenvalue weighted by Crippen LogP contribution is -2.58. The van der Waals surface area contributed by atoms with Crippen molar-refractivity contribution < 1.29 is 48.9 Å². The third-order valence-corrected chi connectivity index (χ3v) is 10.7. The molecule has 0 spiro atoms. The highest BCUT2D eigenvalue weighted by Gasteiger charge is 2.30. The highest BCUT2D eigenvalue weighted by molar-refractivity contribution is 5.94. The van der Waals surface area contributed by atoms with Gasteiger partial charge >= 0.3 is 17.9 Å². The SMILES string of the molecule is CCCCCCCCCCCCCCCC(=O)NCC(NC(=O)CCCCCCCCCCCCCCC)C(=O)NC(CCC(=O)O)C(=O)NC(CCC(=O)O)C(=O)O. The summed E-state index contributed by atoms with van der Waals surface area (Å²) in [7, 11) is 0. The van der Waals surface area contributed by atoms with Gasteiger partial charge in [-0.2, -0.15) is 0 Å². The van der Waals surface area contributed by atoms with Crippen molar-refractivity contribution >= 4 is 41.5 Å². The molecule has 0 bridgehead atoms. The van der Waals surface area contributed by atoms with Gasteiger partial charge in [-0.1, -0.05) is 168 Å². The van der Waals surface area contributed by atoms with Gasteiger partial charge in [0.15, 0.2) is 0 Å². The second-order valence-corrected chi connectivity index (χ2v) is 16.2. The van der Waals surface area contributed by atoms with Gasteiger partial charge in [-0.05, 0) is 25.7 Å². The highest BCUT2D eigenvalue weighted by Crippen LogP contribution is 2.15.